The van der Waals surface area contributed by atoms with Crippen LogP contribution in [0.15, 0.2) is 0 Å². The molecule has 2 aliphatic heterocycles. The molecule has 2 fully saturated rings. The minimum atomic E-state index is -0.739. The van der Waals surface area contributed by atoms with Crippen LogP contribution in [0.1, 0.15) is 32.6 Å². The van der Waals surface area contributed by atoms with E-state index in [4.69, 9.17) is 5.11 Å². The summed E-state index contributed by atoms with van der Waals surface area (Å²) in [5, 5.41) is 12.1. The molecule has 0 aromatic rings. The zero-order chi connectivity index (χ0) is 14.5. The molecule has 2 saturated heterocycles. The van der Waals surface area contributed by atoms with Gasteiger partial charge in [0.2, 0.25) is 0 Å². The lowest BCUT2D eigenvalue weighted by atomic mass is 9.92. The molecule has 2 amide bonds. The number of likely N-dealkylation sites (tertiary alicyclic amines) is 1. The number of nitrogens with zero attached hydrogens (tertiary/aromatic N) is 1. The second-order valence-corrected chi connectivity index (χ2v) is 7.07. The van der Waals surface area contributed by atoms with Crippen molar-refractivity contribution in [2.75, 3.05) is 24.6 Å². The van der Waals surface area contributed by atoms with Crippen molar-refractivity contribution in [2.45, 2.75) is 38.6 Å². The normalized spacial score (nSPS) is 28.1. The minimum absolute atomic E-state index is 0.00626. The van der Waals surface area contributed by atoms with Gasteiger partial charge in [-0.1, -0.05) is 0 Å². The lowest BCUT2D eigenvalue weighted by Gasteiger charge is -2.36. The van der Waals surface area contributed by atoms with Crippen molar-refractivity contribution in [1.82, 2.24) is 10.2 Å². The summed E-state index contributed by atoms with van der Waals surface area (Å²) in [6.45, 7) is 3.24. The lowest BCUT2D eigenvalue weighted by Crippen LogP contribution is -2.51. The SMILES string of the molecule is CC1CC(C(=O)O)CCN1C(=O)NCC1CCSCC1. The topological polar surface area (TPSA) is 69.6 Å². The maximum Gasteiger partial charge on any atom is 0.317 e. The van der Waals surface area contributed by atoms with Crippen LogP contribution in [0, 0.1) is 11.8 Å². The van der Waals surface area contributed by atoms with Gasteiger partial charge in [0.05, 0.1) is 5.92 Å². The van der Waals surface area contributed by atoms with Crippen LogP contribution in [0.25, 0.3) is 0 Å². The summed E-state index contributed by atoms with van der Waals surface area (Å²) >= 11 is 1.99. The van der Waals surface area contributed by atoms with Crippen LogP contribution in [0.3, 0.4) is 0 Å². The van der Waals surface area contributed by atoms with Crippen LogP contribution in [0.4, 0.5) is 4.79 Å². The number of aliphatic carboxylic acids is 1. The van der Waals surface area contributed by atoms with Gasteiger partial charge >= 0.3 is 12.0 Å². The van der Waals surface area contributed by atoms with Crippen molar-refractivity contribution in [1.29, 1.82) is 0 Å². The van der Waals surface area contributed by atoms with E-state index >= 15 is 0 Å². The van der Waals surface area contributed by atoms with E-state index in [1.807, 2.05) is 18.7 Å². The molecule has 6 heteroatoms. The summed E-state index contributed by atoms with van der Waals surface area (Å²) in [4.78, 5) is 25.0. The van der Waals surface area contributed by atoms with E-state index < -0.39 is 5.97 Å². The van der Waals surface area contributed by atoms with Gasteiger partial charge in [0, 0.05) is 19.1 Å². The van der Waals surface area contributed by atoms with E-state index in [0.717, 1.165) is 6.54 Å². The van der Waals surface area contributed by atoms with Crippen molar-refractivity contribution >= 4 is 23.8 Å². The Morgan fingerprint density at radius 1 is 1.30 bits per heavy atom. The molecule has 114 valence electrons. The second-order valence-electron chi connectivity index (χ2n) is 5.84. The first-order chi connectivity index (χ1) is 9.58. The van der Waals surface area contributed by atoms with Crippen molar-refractivity contribution in [3.63, 3.8) is 0 Å². The van der Waals surface area contributed by atoms with E-state index in [1.54, 1.807) is 4.90 Å². The number of rotatable bonds is 3. The van der Waals surface area contributed by atoms with Crippen molar-refractivity contribution in [3.8, 4) is 0 Å². The maximum atomic E-state index is 12.2. The van der Waals surface area contributed by atoms with Gasteiger partial charge in [-0.3, -0.25) is 4.79 Å². The Balaban J connectivity index is 1.76. The Kier molecular flexibility index (Phi) is 5.57. The predicted molar refractivity (Wildman–Crippen MR) is 80.0 cm³/mol. The molecule has 0 aromatic heterocycles. The average Bonchev–Trinajstić information content (AvgIpc) is 2.45. The fourth-order valence-corrected chi connectivity index (χ4v) is 4.19. The Morgan fingerprint density at radius 2 is 2.00 bits per heavy atom. The summed E-state index contributed by atoms with van der Waals surface area (Å²) in [6.07, 6.45) is 3.49. The average molecular weight is 300 g/mol. The molecule has 0 spiro atoms. The molecule has 5 nitrogen and oxygen atoms in total. The highest BCUT2D eigenvalue weighted by Gasteiger charge is 2.32. The predicted octanol–water partition coefficient (Wildman–Crippen LogP) is 2.02. The quantitative estimate of drug-likeness (QED) is 0.836. The van der Waals surface area contributed by atoms with Crippen molar-refractivity contribution < 1.29 is 14.7 Å². The van der Waals surface area contributed by atoms with Gasteiger partial charge in [-0.15, -0.1) is 0 Å². The van der Waals surface area contributed by atoms with Gasteiger partial charge < -0.3 is 15.3 Å². The molecule has 0 saturated carbocycles. The Bertz CT molecular complexity index is 358. The highest BCUT2D eigenvalue weighted by molar-refractivity contribution is 7.99. The summed E-state index contributed by atoms with van der Waals surface area (Å²) in [6, 6.07) is -0.0219. The molecule has 2 rings (SSSR count). The molecule has 0 bridgehead atoms. The molecule has 2 aliphatic rings. The third-order valence-electron chi connectivity index (χ3n) is 4.37. The minimum Gasteiger partial charge on any atom is -0.481 e. The van der Waals surface area contributed by atoms with Crippen LogP contribution in [0.5, 0.6) is 0 Å². The van der Waals surface area contributed by atoms with E-state index in [1.165, 1.54) is 24.3 Å². The number of amides is 2. The highest BCUT2D eigenvalue weighted by Crippen LogP contribution is 2.24. The molecule has 0 aliphatic carbocycles. The number of thioether (sulfide) groups is 1. The second kappa shape index (κ2) is 7.20. The fraction of sp³-hybridized carbons (Fsp3) is 0.857. The number of urea groups is 1. The Labute approximate surface area is 124 Å². The summed E-state index contributed by atoms with van der Waals surface area (Å²) in [5.74, 6) is 1.95. The molecule has 0 aromatic carbocycles. The van der Waals surface area contributed by atoms with Crippen LogP contribution >= 0.6 is 11.8 Å². The third-order valence-corrected chi connectivity index (χ3v) is 5.42. The Morgan fingerprint density at radius 3 is 2.60 bits per heavy atom. The largest absolute Gasteiger partial charge is 0.481 e. The van der Waals surface area contributed by atoms with Crippen molar-refractivity contribution in [2.24, 2.45) is 11.8 Å². The number of piperidine rings is 1. The summed E-state index contributed by atoms with van der Waals surface area (Å²) in [7, 11) is 0. The van der Waals surface area contributed by atoms with Gasteiger partial charge in [0.15, 0.2) is 0 Å². The van der Waals surface area contributed by atoms with Gasteiger partial charge in [-0.05, 0) is 50.0 Å². The lowest BCUT2D eigenvalue weighted by molar-refractivity contribution is -0.143. The number of nitrogens with one attached hydrogen (secondary N) is 1. The third kappa shape index (κ3) is 4.04. The van der Waals surface area contributed by atoms with E-state index in [-0.39, 0.29) is 18.0 Å². The van der Waals surface area contributed by atoms with Gasteiger partial charge in [-0.2, -0.15) is 11.8 Å². The molecular weight excluding hydrogens is 276 g/mol. The number of carbonyl (C=O) groups is 2. The molecule has 2 atom stereocenters. The number of carbonyl (C=O) groups excluding carboxylic acids is 1. The first-order valence-electron chi connectivity index (χ1n) is 7.43. The Hall–Kier alpha value is -0.910. The van der Waals surface area contributed by atoms with Gasteiger partial charge in [-0.25, -0.2) is 4.79 Å². The molecule has 2 heterocycles. The number of carboxylic acids is 1. The van der Waals surface area contributed by atoms with E-state index in [9.17, 15) is 9.59 Å². The smallest absolute Gasteiger partial charge is 0.317 e. The number of carboxylic acid groups (broad SMARTS) is 1. The first kappa shape index (κ1) is 15.5. The highest BCUT2D eigenvalue weighted by atomic mass is 32.2. The zero-order valence-corrected chi connectivity index (χ0v) is 12.8. The van der Waals surface area contributed by atoms with Gasteiger partial charge in [0.25, 0.3) is 0 Å². The van der Waals surface area contributed by atoms with Crippen LogP contribution in [-0.4, -0.2) is 52.6 Å². The molecule has 0 radical (unpaired) electrons. The van der Waals surface area contributed by atoms with E-state index in [0.29, 0.717) is 25.3 Å². The summed E-state index contributed by atoms with van der Waals surface area (Å²) < 4.78 is 0. The van der Waals surface area contributed by atoms with Crippen LogP contribution in [0.2, 0.25) is 0 Å². The van der Waals surface area contributed by atoms with Crippen LogP contribution in [-0.2, 0) is 4.79 Å². The molecule has 2 unspecified atom stereocenters. The first-order valence-corrected chi connectivity index (χ1v) is 8.58. The molecule has 2 N–H and O–H groups in total. The fourth-order valence-electron chi connectivity index (χ4n) is 2.98. The number of hydrogen-bond donors (Lipinski definition) is 2. The maximum absolute atomic E-state index is 12.2. The van der Waals surface area contributed by atoms with Gasteiger partial charge in [0.1, 0.15) is 0 Å². The van der Waals surface area contributed by atoms with Crippen LogP contribution < -0.4 is 5.32 Å². The summed E-state index contributed by atoms with van der Waals surface area (Å²) in [5.41, 5.74) is 0. The molecule has 20 heavy (non-hydrogen) atoms. The zero-order valence-electron chi connectivity index (χ0n) is 12.0. The molecular formula is C14H24N2O3S. The van der Waals surface area contributed by atoms with E-state index in [2.05, 4.69) is 5.32 Å². The monoisotopic (exact) mass is 300 g/mol. The van der Waals surface area contributed by atoms with Crippen molar-refractivity contribution in [3.05, 3.63) is 0 Å². The number of hydrogen-bond acceptors (Lipinski definition) is 3. The standard InChI is InChI=1S/C14H24N2O3S/c1-10-8-12(13(17)18)2-5-16(10)14(19)15-9-11-3-6-20-7-4-11/h10-12H,2-9H2,1H3,(H,15,19)(H,17,18).